The van der Waals surface area contributed by atoms with Gasteiger partial charge in [-0.1, -0.05) is 23.4 Å². The number of aryl methyl sites for hydroxylation is 1. The van der Waals surface area contributed by atoms with Gasteiger partial charge in [-0.05, 0) is 30.5 Å². The van der Waals surface area contributed by atoms with Crippen molar-refractivity contribution in [3.05, 3.63) is 64.3 Å². The molecule has 0 amide bonds. The van der Waals surface area contributed by atoms with Gasteiger partial charge >= 0.3 is 5.97 Å². The maximum Gasteiger partial charge on any atom is 0.339 e. The van der Waals surface area contributed by atoms with E-state index in [1.807, 2.05) is 48.0 Å². The number of para-hydroxylation sites is 1. The van der Waals surface area contributed by atoms with Crippen molar-refractivity contribution in [3.8, 4) is 11.4 Å². The van der Waals surface area contributed by atoms with Crippen molar-refractivity contribution in [3.63, 3.8) is 0 Å². The largest absolute Gasteiger partial charge is 0.452 e. The average molecular weight is 351 g/mol. The Labute approximate surface area is 147 Å². The summed E-state index contributed by atoms with van der Waals surface area (Å²) in [6.45, 7) is 1.76. The molecule has 25 heavy (non-hydrogen) atoms. The molecule has 4 aromatic rings. The van der Waals surface area contributed by atoms with Gasteiger partial charge < -0.3 is 9.26 Å². The normalized spacial score (nSPS) is 10.9. The van der Waals surface area contributed by atoms with E-state index in [0.717, 1.165) is 22.2 Å². The number of carbonyl (C=O) groups excluding carboxylic acids is 1. The first-order valence-corrected chi connectivity index (χ1v) is 8.53. The smallest absolute Gasteiger partial charge is 0.339 e. The molecular weight excluding hydrogens is 338 g/mol. The third kappa shape index (κ3) is 3.14. The molecule has 4 rings (SSSR count). The number of rotatable bonds is 4. The molecule has 0 aliphatic carbocycles. The van der Waals surface area contributed by atoms with Crippen LogP contribution in [0.4, 0.5) is 0 Å². The minimum absolute atomic E-state index is 0.0777. The predicted octanol–water partition coefficient (Wildman–Crippen LogP) is 4.01. The number of aromatic nitrogens is 3. The van der Waals surface area contributed by atoms with Gasteiger partial charge in [0.2, 0.25) is 5.82 Å². The molecule has 3 aromatic heterocycles. The van der Waals surface area contributed by atoms with Crippen LogP contribution in [-0.4, -0.2) is 21.1 Å². The number of esters is 1. The van der Waals surface area contributed by atoms with Crippen molar-refractivity contribution in [1.82, 2.24) is 15.1 Å². The number of benzene rings is 1. The number of thiophene rings is 1. The third-order valence-electron chi connectivity index (χ3n) is 3.64. The van der Waals surface area contributed by atoms with Crippen LogP contribution in [0.3, 0.4) is 0 Å². The summed E-state index contributed by atoms with van der Waals surface area (Å²) in [6, 6.07) is 11.1. The van der Waals surface area contributed by atoms with Gasteiger partial charge in [-0.3, -0.25) is 4.98 Å². The molecule has 0 bridgehead atoms. The van der Waals surface area contributed by atoms with E-state index >= 15 is 0 Å². The minimum Gasteiger partial charge on any atom is -0.452 e. The number of fused-ring (bicyclic) bond motifs is 1. The number of carbonyl (C=O) groups is 1. The van der Waals surface area contributed by atoms with E-state index < -0.39 is 5.97 Å². The maximum atomic E-state index is 12.5. The standard InChI is InChI=1S/C18H13N3O3S/c1-11-8-14(13-4-2-3-5-15(13)19-11)18(22)23-9-16-20-17(21-24-16)12-6-7-25-10-12/h2-8,10H,9H2,1H3. The van der Waals surface area contributed by atoms with E-state index in [1.165, 1.54) is 0 Å². The molecule has 3 heterocycles. The molecule has 0 saturated carbocycles. The summed E-state index contributed by atoms with van der Waals surface area (Å²) in [5.74, 6) is 0.291. The highest BCUT2D eigenvalue weighted by Crippen LogP contribution is 2.21. The first kappa shape index (κ1) is 15.5. The van der Waals surface area contributed by atoms with E-state index in [2.05, 4.69) is 15.1 Å². The van der Waals surface area contributed by atoms with E-state index in [4.69, 9.17) is 9.26 Å². The summed E-state index contributed by atoms with van der Waals surface area (Å²) in [5.41, 5.74) is 2.86. The monoisotopic (exact) mass is 351 g/mol. The van der Waals surface area contributed by atoms with E-state index in [9.17, 15) is 4.79 Å². The summed E-state index contributed by atoms with van der Waals surface area (Å²) in [4.78, 5) is 21.1. The lowest BCUT2D eigenvalue weighted by atomic mass is 10.1. The zero-order valence-corrected chi connectivity index (χ0v) is 14.1. The molecule has 0 aliphatic rings. The summed E-state index contributed by atoms with van der Waals surface area (Å²) in [6.07, 6.45) is 0. The molecule has 0 fully saturated rings. The molecule has 6 nitrogen and oxygen atoms in total. The molecule has 0 spiro atoms. The molecular formula is C18H13N3O3S. The Balaban J connectivity index is 1.53. The van der Waals surface area contributed by atoms with Crippen LogP contribution in [0.2, 0.25) is 0 Å². The Hall–Kier alpha value is -3.06. The Morgan fingerprint density at radius 1 is 1.24 bits per heavy atom. The van der Waals surface area contributed by atoms with Crippen molar-refractivity contribution in [2.75, 3.05) is 0 Å². The van der Waals surface area contributed by atoms with Crippen molar-refractivity contribution >= 4 is 28.2 Å². The van der Waals surface area contributed by atoms with E-state index in [0.29, 0.717) is 11.4 Å². The zero-order chi connectivity index (χ0) is 17.2. The van der Waals surface area contributed by atoms with Crippen LogP contribution in [0, 0.1) is 6.92 Å². The van der Waals surface area contributed by atoms with Crippen molar-refractivity contribution in [1.29, 1.82) is 0 Å². The molecule has 124 valence electrons. The molecule has 1 aromatic carbocycles. The first-order valence-electron chi connectivity index (χ1n) is 7.59. The highest BCUT2D eigenvalue weighted by molar-refractivity contribution is 7.08. The fraction of sp³-hybridized carbons (Fsp3) is 0.111. The summed E-state index contributed by atoms with van der Waals surface area (Å²) < 4.78 is 10.5. The molecule has 0 N–H and O–H groups in total. The van der Waals surface area contributed by atoms with Crippen molar-refractivity contribution in [2.24, 2.45) is 0 Å². The quantitative estimate of drug-likeness (QED) is 0.517. The van der Waals surface area contributed by atoms with Crippen LogP contribution >= 0.6 is 11.3 Å². The van der Waals surface area contributed by atoms with Crippen molar-refractivity contribution in [2.45, 2.75) is 13.5 Å². The topological polar surface area (TPSA) is 78.1 Å². The van der Waals surface area contributed by atoms with Gasteiger partial charge in [0.1, 0.15) is 0 Å². The van der Waals surface area contributed by atoms with Crippen molar-refractivity contribution < 1.29 is 14.1 Å². The van der Waals surface area contributed by atoms with Gasteiger partial charge in [0, 0.05) is 22.0 Å². The number of nitrogens with zero attached hydrogens (tertiary/aromatic N) is 3. The Morgan fingerprint density at radius 2 is 2.12 bits per heavy atom. The molecule has 0 aliphatic heterocycles. The Morgan fingerprint density at radius 3 is 2.96 bits per heavy atom. The van der Waals surface area contributed by atoms with Gasteiger partial charge in [-0.25, -0.2) is 4.79 Å². The lowest BCUT2D eigenvalue weighted by molar-refractivity contribution is 0.0432. The molecule has 0 radical (unpaired) electrons. The predicted molar refractivity (Wildman–Crippen MR) is 93.2 cm³/mol. The second-order valence-electron chi connectivity index (χ2n) is 5.43. The molecule has 0 atom stereocenters. The Kier molecular flexibility index (Phi) is 3.99. The summed E-state index contributed by atoms with van der Waals surface area (Å²) in [7, 11) is 0. The second kappa shape index (κ2) is 6.45. The summed E-state index contributed by atoms with van der Waals surface area (Å²) in [5, 5.41) is 8.50. The van der Waals surface area contributed by atoms with Crippen LogP contribution in [0.15, 0.2) is 51.7 Å². The lowest BCUT2D eigenvalue weighted by Gasteiger charge is -2.07. The van der Waals surface area contributed by atoms with Crippen LogP contribution in [0.5, 0.6) is 0 Å². The van der Waals surface area contributed by atoms with Crippen LogP contribution in [0.25, 0.3) is 22.3 Å². The van der Waals surface area contributed by atoms with E-state index in [-0.39, 0.29) is 12.5 Å². The number of pyridine rings is 1. The molecule has 0 unspecified atom stereocenters. The van der Waals surface area contributed by atoms with Gasteiger partial charge in [-0.15, -0.1) is 0 Å². The third-order valence-corrected chi connectivity index (χ3v) is 4.32. The fourth-order valence-corrected chi connectivity index (χ4v) is 3.14. The van der Waals surface area contributed by atoms with Gasteiger partial charge in [0.25, 0.3) is 5.89 Å². The van der Waals surface area contributed by atoms with Crippen LogP contribution in [0.1, 0.15) is 21.9 Å². The van der Waals surface area contributed by atoms with Crippen LogP contribution < -0.4 is 0 Å². The highest BCUT2D eigenvalue weighted by atomic mass is 32.1. The first-order chi connectivity index (χ1) is 12.2. The van der Waals surface area contributed by atoms with E-state index in [1.54, 1.807) is 17.4 Å². The zero-order valence-electron chi connectivity index (χ0n) is 13.3. The minimum atomic E-state index is -0.447. The fourth-order valence-electron chi connectivity index (χ4n) is 2.50. The van der Waals surface area contributed by atoms with Crippen LogP contribution in [-0.2, 0) is 11.3 Å². The highest BCUT2D eigenvalue weighted by Gasteiger charge is 2.16. The van der Waals surface area contributed by atoms with Gasteiger partial charge in [0.05, 0.1) is 11.1 Å². The van der Waals surface area contributed by atoms with Gasteiger partial charge in [-0.2, -0.15) is 16.3 Å². The summed E-state index contributed by atoms with van der Waals surface area (Å²) >= 11 is 1.55. The lowest BCUT2D eigenvalue weighted by Crippen LogP contribution is -2.07. The number of ether oxygens (including phenoxy) is 1. The molecule has 0 saturated heterocycles. The number of hydrogen-bond donors (Lipinski definition) is 0. The maximum absolute atomic E-state index is 12.5. The van der Waals surface area contributed by atoms with Gasteiger partial charge in [0.15, 0.2) is 6.61 Å². The Bertz CT molecular complexity index is 1040. The second-order valence-corrected chi connectivity index (χ2v) is 6.21. The number of hydrogen-bond acceptors (Lipinski definition) is 7. The SMILES string of the molecule is Cc1cc(C(=O)OCc2nc(-c3ccsc3)no2)c2ccccc2n1. The average Bonchev–Trinajstić information content (AvgIpc) is 3.30. The molecule has 7 heteroatoms.